The van der Waals surface area contributed by atoms with Gasteiger partial charge in [-0.25, -0.2) is 0 Å². The van der Waals surface area contributed by atoms with Crippen LogP contribution >= 0.6 is 23.1 Å². The molecule has 0 amide bonds. The van der Waals surface area contributed by atoms with Crippen molar-refractivity contribution in [2.24, 2.45) is 0 Å². The molecule has 0 N–H and O–H groups in total. The molecule has 2 aromatic carbocycles. The average molecular weight is 433 g/mol. The van der Waals surface area contributed by atoms with Gasteiger partial charge in [-0.15, -0.1) is 21.5 Å². The molecular formula is C23H20N4OS2. The summed E-state index contributed by atoms with van der Waals surface area (Å²) in [4.78, 5) is 13.2. The van der Waals surface area contributed by atoms with Crippen molar-refractivity contribution in [1.82, 2.24) is 19.2 Å². The van der Waals surface area contributed by atoms with Gasteiger partial charge in [0.1, 0.15) is 4.70 Å². The van der Waals surface area contributed by atoms with Crippen LogP contribution in [0.15, 0.2) is 82.1 Å². The molecule has 0 spiro atoms. The Morgan fingerprint density at radius 3 is 2.50 bits per heavy atom. The van der Waals surface area contributed by atoms with Crippen molar-refractivity contribution < 1.29 is 0 Å². The maximum absolute atomic E-state index is 13.2. The number of aromatic nitrogens is 4. The number of benzene rings is 2. The van der Waals surface area contributed by atoms with Crippen LogP contribution in [0, 0.1) is 0 Å². The lowest BCUT2D eigenvalue weighted by molar-refractivity contribution is 0.588. The van der Waals surface area contributed by atoms with Crippen molar-refractivity contribution in [2.45, 2.75) is 30.3 Å². The molecule has 7 heteroatoms. The number of fused-ring (bicyclic) bond motifs is 3. The minimum absolute atomic E-state index is 0.00212. The number of hydrogen-bond donors (Lipinski definition) is 0. The number of thiophene rings is 1. The first-order chi connectivity index (χ1) is 14.7. The van der Waals surface area contributed by atoms with E-state index in [4.69, 9.17) is 0 Å². The molecule has 0 unspecified atom stereocenters. The summed E-state index contributed by atoms with van der Waals surface area (Å²) < 4.78 is 4.54. The van der Waals surface area contributed by atoms with E-state index in [1.54, 1.807) is 16.3 Å². The summed E-state index contributed by atoms with van der Waals surface area (Å²) in [5.41, 5.74) is 3.31. The third-order valence-electron chi connectivity index (χ3n) is 5.22. The molecule has 30 heavy (non-hydrogen) atoms. The van der Waals surface area contributed by atoms with E-state index in [-0.39, 0.29) is 11.5 Å². The molecule has 1 atom stereocenters. The van der Waals surface area contributed by atoms with Crippen LogP contribution < -0.4 is 5.56 Å². The van der Waals surface area contributed by atoms with Gasteiger partial charge in [0.25, 0.3) is 5.56 Å². The molecule has 5 aromatic rings. The van der Waals surface area contributed by atoms with E-state index >= 15 is 0 Å². The van der Waals surface area contributed by atoms with E-state index in [1.807, 2.05) is 52.2 Å². The Bertz CT molecular complexity index is 1360. The first-order valence-electron chi connectivity index (χ1n) is 9.79. The van der Waals surface area contributed by atoms with Gasteiger partial charge >= 0.3 is 0 Å². The summed E-state index contributed by atoms with van der Waals surface area (Å²) in [7, 11) is 0. The minimum atomic E-state index is 0.00212. The first kappa shape index (κ1) is 19.1. The number of nitrogens with zero attached hydrogens (tertiary/aromatic N) is 4. The van der Waals surface area contributed by atoms with E-state index in [9.17, 15) is 4.79 Å². The highest BCUT2D eigenvalue weighted by Gasteiger charge is 2.19. The lowest BCUT2D eigenvalue weighted by atomic mass is 10.0. The van der Waals surface area contributed by atoms with Crippen LogP contribution in [0.2, 0.25) is 0 Å². The Morgan fingerprint density at radius 1 is 1.00 bits per heavy atom. The highest BCUT2D eigenvalue weighted by Crippen LogP contribution is 2.27. The second-order valence-electron chi connectivity index (χ2n) is 7.25. The summed E-state index contributed by atoms with van der Waals surface area (Å²) in [6.07, 6.45) is 0. The van der Waals surface area contributed by atoms with Gasteiger partial charge in [0, 0.05) is 12.3 Å². The molecule has 0 aliphatic carbocycles. The molecule has 0 bridgehead atoms. The molecular weight excluding hydrogens is 412 g/mol. The molecule has 5 nitrogen and oxygen atoms in total. The smallest absolute Gasteiger partial charge is 0.272 e. The van der Waals surface area contributed by atoms with Gasteiger partial charge in [0.15, 0.2) is 5.16 Å². The number of hydrogen-bond acceptors (Lipinski definition) is 5. The van der Waals surface area contributed by atoms with Crippen molar-refractivity contribution in [3.05, 3.63) is 93.6 Å². The predicted octanol–water partition coefficient (Wildman–Crippen LogP) is 5.20. The number of thioether (sulfide) groups is 1. The average Bonchev–Trinajstić information content (AvgIpc) is 3.43. The van der Waals surface area contributed by atoms with E-state index in [0.29, 0.717) is 12.3 Å². The second kappa shape index (κ2) is 8.08. The van der Waals surface area contributed by atoms with Crippen LogP contribution in [0.5, 0.6) is 0 Å². The molecule has 0 radical (unpaired) electrons. The largest absolute Gasteiger partial charge is 0.275 e. The normalized spacial score (nSPS) is 12.6. The molecule has 0 saturated carbocycles. The van der Waals surface area contributed by atoms with Crippen molar-refractivity contribution in [2.75, 3.05) is 0 Å². The van der Waals surface area contributed by atoms with E-state index < -0.39 is 0 Å². The van der Waals surface area contributed by atoms with Gasteiger partial charge in [-0.1, -0.05) is 79.3 Å². The molecule has 0 fully saturated rings. The van der Waals surface area contributed by atoms with Crippen molar-refractivity contribution in [1.29, 1.82) is 0 Å². The van der Waals surface area contributed by atoms with E-state index in [0.717, 1.165) is 21.1 Å². The van der Waals surface area contributed by atoms with E-state index in [2.05, 4.69) is 41.4 Å². The zero-order valence-electron chi connectivity index (χ0n) is 16.4. The van der Waals surface area contributed by atoms with Crippen LogP contribution in [-0.4, -0.2) is 19.2 Å². The molecule has 3 aromatic heterocycles. The molecule has 0 aliphatic heterocycles. The summed E-state index contributed by atoms with van der Waals surface area (Å²) in [5.74, 6) is 1.58. The molecule has 0 saturated heterocycles. The van der Waals surface area contributed by atoms with Gasteiger partial charge in [-0.05, 0) is 28.5 Å². The van der Waals surface area contributed by atoms with Crippen molar-refractivity contribution >= 4 is 39.1 Å². The second-order valence-corrected chi connectivity index (χ2v) is 9.11. The molecule has 150 valence electrons. The van der Waals surface area contributed by atoms with Gasteiger partial charge in [-0.3, -0.25) is 13.8 Å². The standard InChI is InChI=1S/C23H20N4OS2/c1-16(18-10-6-3-7-11-18)14-26-21(28)20-19(12-13-29-20)27-22(26)24-25-23(27)30-15-17-8-4-2-5-9-17/h2-13,16H,14-15H2,1H3/t16-/m0/s1. The third kappa shape index (κ3) is 3.44. The predicted molar refractivity (Wildman–Crippen MR) is 123 cm³/mol. The summed E-state index contributed by atoms with van der Waals surface area (Å²) in [5, 5.41) is 11.6. The topological polar surface area (TPSA) is 52.2 Å². The maximum atomic E-state index is 13.2. The lowest BCUT2D eigenvalue weighted by Gasteiger charge is -2.15. The zero-order valence-corrected chi connectivity index (χ0v) is 18.1. The fourth-order valence-electron chi connectivity index (χ4n) is 3.64. The van der Waals surface area contributed by atoms with Crippen LogP contribution in [-0.2, 0) is 12.3 Å². The summed E-state index contributed by atoms with van der Waals surface area (Å²) >= 11 is 3.11. The Labute approximate surface area is 182 Å². The van der Waals surface area contributed by atoms with Crippen LogP contribution in [0.1, 0.15) is 24.0 Å². The van der Waals surface area contributed by atoms with Crippen molar-refractivity contribution in [3.8, 4) is 0 Å². The van der Waals surface area contributed by atoms with Crippen LogP contribution in [0.3, 0.4) is 0 Å². The Hall–Kier alpha value is -2.90. The quantitative estimate of drug-likeness (QED) is 0.346. The van der Waals surface area contributed by atoms with Crippen LogP contribution in [0.4, 0.5) is 0 Å². The van der Waals surface area contributed by atoms with Crippen molar-refractivity contribution in [3.63, 3.8) is 0 Å². The number of rotatable bonds is 6. The third-order valence-corrected chi connectivity index (χ3v) is 7.11. The first-order valence-corrected chi connectivity index (χ1v) is 11.7. The van der Waals surface area contributed by atoms with Gasteiger partial charge in [0.2, 0.25) is 5.78 Å². The van der Waals surface area contributed by atoms with Gasteiger partial charge in [-0.2, -0.15) is 0 Å². The maximum Gasteiger partial charge on any atom is 0.272 e. The summed E-state index contributed by atoms with van der Waals surface area (Å²) in [6, 6.07) is 22.6. The molecule has 0 aliphatic rings. The fraction of sp³-hybridized carbons (Fsp3) is 0.174. The Kier molecular flexibility index (Phi) is 5.14. The van der Waals surface area contributed by atoms with E-state index in [1.165, 1.54) is 22.5 Å². The molecule has 3 heterocycles. The van der Waals surface area contributed by atoms with Gasteiger partial charge in [0.05, 0.1) is 5.52 Å². The Balaban J connectivity index is 1.58. The zero-order chi connectivity index (χ0) is 20.5. The highest BCUT2D eigenvalue weighted by atomic mass is 32.2. The highest BCUT2D eigenvalue weighted by molar-refractivity contribution is 7.98. The Morgan fingerprint density at radius 2 is 1.73 bits per heavy atom. The lowest BCUT2D eigenvalue weighted by Crippen LogP contribution is -2.24. The van der Waals surface area contributed by atoms with Gasteiger partial charge < -0.3 is 0 Å². The minimum Gasteiger partial charge on any atom is -0.275 e. The summed E-state index contributed by atoms with van der Waals surface area (Å²) in [6.45, 7) is 2.69. The molecule has 5 rings (SSSR count). The monoisotopic (exact) mass is 432 g/mol. The van der Waals surface area contributed by atoms with Crippen LogP contribution in [0.25, 0.3) is 16.0 Å². The SMILES string of the molecule is C[C@@H](Cn1c(=O)c2sccc2n2c(SCc3ccccc3)nnc12)c1ccccc1. The fourth-order valence-corrected chi connectivity index (χ4v) is 5.36.